The fourth-order valence-electron chi connectivity index (χ4n) is 2.39. The summed E-state index contributed by atoms with van der Waals surface area (Å²) < 4.78 is 0. The lowest BCUT2D eigenvalue weighted by molar-refractivity contribution is 0.194. The van der Waals surface area contributed by atoms with Crippen LogP contribution >= 0.6 is 0 Å². The van der Waals surface area contributed by atoms with Crippen LogP contribution in [0.3, 0.4) is 0 Å². The molecule has 1 fully saturated rings. The number of nitrogen functional groups attached to an aromatic ring is 1. The van der Waals surface area contributed by atoms with E-state index < -0.39 is 0 Å². The third-order valence-corrected chi connectivity index (χ3v) is 3.47. The lowest BCUT2D eigenvalue weighted by Crippen LogP contribution is -2.44. The number of anilines is 1. The SMILES string of the molecule is CN(C(=O)N1CCCCC1)c1ccccc1C(=N)N. The number of hydrogen-bond acceptors (Lipinski definition) is 2. The van der Waals surface area contributed by atoms with Gasteiger partial charge in [-0.3, -0.25) is 10.3 Å². The number of hydrogen-bond donors (Lipinski definition) is 2. The van der Waals surface area contributed by atoms with E-state index in [1.54, 1.807) is 18.0 Å². The van der Waals surface area contributed by atoms with E-state index in [1.807, 2.05) is 23.1 Å². The van der Waals surface area contributed by atoms with Crippen LogP contribution in [0.15, 0.2) is 24.3 Å². The Morgan fingerprint density at radius 2 is 1.89 bits per heavy atom. The van der Waals surface area contributed by atoms with Crippen LogP contribution in [-0.2, 0) is 0 Å². The molecule has 0 radical (unpaired) electrons. The molecule has 0 bridgehead atoms. The largest absolute Gasteiger partial charge is 0.384 e. The second-order valence-electron chi connectivity index (χ2n) is 4.82. The van der Waals surface area contributed by atoms with Crippen LogP contribution in [-0.4, -0.2) is 36.9 Å². The molecular weight excluding hydrogens is 240 g/mol. The van der Waals surface area contributed by atoms with Gasteiger partial charge in [-0.05, 0) is 31.4 Å². The zero-order valence-corrected chi connectivity index (χ0v) is 11.2. The fraction of sp³-hybridized carbons (Fsp3) is 0.429. The summed E-state index contributed by atoms with van der Waals surface area (Å²) in [7, 11) is 1.73. The minimum absolute atomic E-state index is 0.0195. The van der Waals surface area contributed by atoms with E-state index in [4.69, 9.17) is 11.1 Å². The van der Waals surface area contributed by atoms with Gasteiger partial charge in [0.1, 0.15) is 5.84 Å². The average Bonchev–Trinajstić information content (AvgIpc) is 2.46. The number of urea groups is 1. The van der Waals surface area contributed by atoms with Gasteiger partial charge in [0.05, 0.1) is 5.69 Å². The van der Waals surface area contributed by atoms with Crippen molar-refractivity contribution in [2.24, 2.45) is 5.73 Å². The Bertz CT molecular complexity index is 480. The van der Waals surface area contributed by atoms with E-state index >= 15 is 0 Å². The minimum Gasteiger partial charge on any atom is -0.384 e. The summed E-state index contributed by atoms with van der Waals surface area (Å²) in [5.41, 5.74) is 6.84. The molecule has 1 saturated heterocycles. The highest BCUT2D eigenvalue weighted by Gasteiger charge is 2.22. The Morgan fingerprint density at radius 3 is 2.53 bits per heavy atom. The number of nitrogens with zero attached hydrogens (tertiary/aromatic N) is 2. The van der Waals surface area contributed by atoms with Gasteiger partial charge in [-0.25, -0.2) is 4.79 Å². The molecule has 3 N–H and O–H groups in total. The minimum atomic E-state index is -0.0200. The Morgan fingerprint density at radius 1 is 1.26 bits per heavy atom. The molecule has 1 aromatic rings. The number of carbonyl (C=O) groups excluding carboxylic acids is 1. The molecule has 1 aliphatic rings. The van der Waals surface area contributed by atoms with Crippen LogP contribution in [0.4, 0.5) is 10.5 Å². The molecule has 1 aromatic carbocycles. The quantitative estimate of drug-likeness (QED) is 0.630. The predicted octanol–water partition coefficient (Wildman–Crippen LogP) is 2.01. The number of nitrogens with one attached hydrogen (secondary N) is 1. The van der Waals surface area contributed by atoms with E-state index in [0.717, 1.165) is 25.9 Å². The number of likely N-dealkylation sites (tertiary alicyclic amines) is 1. The van der Waals surface area contributed by atoms with Crippen molar-refractivity contribution in [3.05, 3.63) is 29.8 Å². The van der Waals surface area contributed by atoms with Crippen LogP contribution in [0.2, 0.25) is 0 Å². The maximum atomic E-state index is 12.4. The van der Waals surface area contributed by atoms with Gasteiger partial charge in [0.25, 0.3) is 0 Å². The van der Waals surface area contributed by atoms with Crippen LogP contribution in [0.25, 0.3) is 0 Å². The van der Waals surface area contributed by atoms with E-state index in [2.05, 4.69) is 0 Å². The average molecular weight is 260 g/mol. The summed E-state index contributed by atoms with van der Waals surface area (Å²) in [6.45, 7) is 1.62. The summed E-state index contributed by atoms with van der Waals surface area (Å²) in [6.07, 6.45) is 3.32. The maximum absolute atomic E-state index is 12.4. The first-order valence-corrected chi connectivity index (χ1v) is 6.57. The van der Waals surface area contributed by atoms with Gasteiger partial charge >= 0.3 is 6.03 Å². The number of amidine groups is 1. The number of rotatable bonds is 2. The lowest BCUT2D eigenvalue weighted by Gasteiger charge is -2.31. The predicted molar refractivity (Wildman–Crippen MR) is 76.7 cm³/mol. The summed E-state index contributed by atoms with van der Waals surface area (Å²) in [6, 6.07) is 7.23. The van der Waals surface area contributed by atoms with Crippen LogP contribution in [0.5, 0.6) is 0 Å². The molecule has 0 atom stereocenters. The molecule has 0 spiro atoms. The fourth-order valence-corrected chi connectivity index (χ4v) is 2.39. The van der Waals surface area contributed by atoms with Gasteiger partial charge < -0.3 is 10.6 Å². The van der Waals surface area contributed by atoms with Gasteiger partial charge in [-0.1, -0.05) is 12.1 Å². The highest BCUT2D eigenvalue weighted by Crippen LogP contribution is 2.21. The van der Waals surface area contributed by atoms with Gasteiger partial charge in [0.2, 0.25) is 0 Å². The first-order valence-electron chi connectivity index (χ1n) is 6.57. The van der Waals surface area contributed by atoms with Gasteiger partial charge in [0, 0.05) is 25.7 Å². The monoisotopic (exact) mass is 260 g/mol. The highest BCUT2D eigenvalue weighted by atomic mass is 16.2. The number of nitrogens with two attached hydrogens (primary N) is 1. The molecular formula is C14H20N4O. The molecule has 2 amide bonds. The highest BCUT2D eigenvalue weighted by molar-refractivity contribution is 6.04. The van der Waals surface area contributed by atoms with E-state index in [9.17, 15) is 4.79 Å². The third-order valence-electron chi connectivity index (χ3n) is 3.47. The van der Waals surface area contributed by atoms with Gasteiger partial charge in [0.15, 0.2) is 0 Å². The lowest BCUT2D eigenvalue weighted by atomic mass is 10.1. The Kier molecular flexibility index (Phi) is 4.04. The second kappa shape index (κ2) is 5.73. The van der Waals surface area contributed by atoms with Crippen molar-refractivity contribution in [1.29, 1.82) is 5.41 Å². The van der Waals surface area contributed by atoms with Crippen molar-refractivity contribution in [2.45, 2.75) is 19.3 Å². The molecule has 0 aromatic heterocycles. The summed E-state index contributed by atoms with van der Waals surface area (Å²) in [5.74, 6) is -0.0195. The maximum Gasteiger partial charge on any atom is 0.324 e. The van der Waals surface area contributed by atoms with E-state index in [0.29, 0.717) is 11.3 Å². The van der Waals surface area contributed by atoms with E-state index in [-0.39, 0.29) is 11.9 Å². The first-order chi connectivity index (χ1) is 9.11. The molecule has 102 valence electrons. The molecule has 0 aliphatic carbocycles. The standard InChI is InChI=1S/C14H20N4O/c1-17(14(19)18-9-5-2-6-10-18)12-8-4-3-7-11(12)13(15)16/h3-4,7-8H,2,5-6,9-10H2,1H3,(H3,15,16). The van der Waals surface area contributed by atoms with E-state index in [1.165, 1.54) is 6.42 Å². The molecule has 19 heavy (non-hydrogen) atoms. The molecule has 0 unspecified atom stereocenters. The van der Waals surface area contributed by atoms with Crippen LogP contribution < -0.4 is 10.6 Å². The van der Waals surface area contributed by atoms with Gasteiger partial charge in [-0.15, -0.1) is 0 Å². The molecule has 1 heterocycles. The molecule has 5 heteroatoms. The normalized spacial score (nSPS) is 15.1. The van der Waals surface area contributed by atoms with Crippen molar-refractivity contribution < 1.29 is 4.79 Å². The van der Waals surface area contributed by atoms with Crippen LogP contribution in [0.1, 0.15) is 24.8 Å². The third kappa shape index (κ3) is 2.86. The summed E-state index contributed by atoms with van der Waals surface area (Å²) >= 11 is 0. The van der Waals surface area contributed by atoms with Crippen molar-refractivity contribution >= 4 is 17.6 Å². The smallest absolute Gasteiger partial charge is 0.324 e. The number of amides is 2. The summed E-state index contributed by atoms with van der Waals surface area (Å²) in [4.78, 5) is 15.9. The Balaban J connectivity index is 2.21. The zero-order valence-electron chi connectivity index (χ0n) is 11.2. The van der Waals surface area contributed by atoms with Crippen LogP contribution in [0, 0.1) is 5.41 Å². The Hall–Kier alpha value is -2.04. The van der Waals surface area contributed by atoms with Gasteiger partial charge in [-0.2, -0.15) is 0 Å². The number of carbonyl (C=O) groups is 1. The number of para-hydroxylation sites is 1. The molecule has 5 nitrogen and oxygen atoms in total. The Labute approximate surface area is 113 Å². The van der Waals surface area contributed by atoms with Crippen molar-refractivity contribution in [3.8, 4) is 0 Å². The number of benzene rings is 1. The number of piperidine rings is 1. The first kappa shape index (κ1) is 13.4. The van der Waals surface area contributed by atoms with Crippen molar-refractivity contribution in [3.63, 3.8) is 0 Å². The van der Waals surface area contributed by atoms with Crippen molar-refractivity contribution in [2.75, 3.05) is 25.0 Å². The zero-order chi connectivity index (χ0) is 13.8. The molecule has 0 saturated carbocycles. The topological polar surface area (TPSA) is 73.4 Å². The second-order valence-corrected chi connectivity index (χ2v) is 4.82. The molecule has 2 rings (SSSR count). The van der Waals surface area contributed by atoms with Crippen molar-refractivity contribution in [1.82, 2.24) is 4.90 Å². The molecule has 1 aliphatic heterocycles. The summed E-state index contributed by atoms with van der Waals surface area (Å²) in [5, 5.41) is 7.58.